The summed E-state index contributed by atoms with van der Waals surface area (Å²) in [5.41, 5.74) is 2.57. The zero-order valence-electron chi connectivity index (χ0n) is 12.2. The van der Waals surface area contributed by atoms with Gasteiger partial charge >= 0.3 is 0 Å². The van der Waals surface area contributed by atoms with Crippen LogP contribution in [-0.4, -0.2) is 19.6 Å². The summed E-state index contributed by atoms with van der Waals surface area (Å²) in [7, 11) is -3.68. The van der Waals surface area contributed by atoms with Crippen molar-refractivity contribution in [3.63, 3.8) is 0 Å². The highest BCUT2D eigenvalue weighted by Crippen LogP contribution is 2.34. The van der Waals surface area contributed by atoms with Crippen LogP contribution in [0, 0.1) is 10.1 Å². The Morgan fingerprint density at radius 2 is 1.83 bits per heavy atom. The Morgan fingerprint density at radius 3 is 2.48 bits per heavy atom. The van der Waals surface area contributed by atoms with Gasteiger partial charge in [0.25, 0.3) is 5.69 Å². The summed E-state index contributed by atoms with van der Waals surface area (Å²) in [5.74, 6) is 0. The van der Waals surface area contributed by atoms with Gasteiger partial charge in [-0.3, -0.25) is 10.1 Å². The number of nitro groups is 1. The van der Waals surface area contributed by atoms with Crippen molar-refractivity contribution in [1.29, 1.82) is 0 Å². The molecule has 0 atom stereocenters. The van der Waals surface area contributed by atoms with E-state index in [0.29, 0.717) is 18.8 Å². The molecule has 0 amide bonds. The molecule has 1 heterocycles. The maximum Gasteiger partial charge on any atom is 0.288 e. The van der Waals surface area contributed by atoms with Gasteiger partial charge in [-0.05, 0) is 35.4 Å². The average molecular weight is 397 g/mol. The first kappa shape index (κ1) is 15.9. The van der Waals surface area contributed by atoms with E-state index in [-0.39, 0.29) is 4.90 Å². The molecule has 0 aromatic heterocycles. The first-order chi connectivity index (χ1) is 10.8. The fraction of sp³-hybridized carbons (Fsp3) is 0.200. The van der Waals surface area contributed by atoms with Crippen LogP contribution >= 0.6 is 15.9 Å². The molecule has 2 aromatic carbocycles. The van der Waals surface area contributed by atoms with Gasteiger partial charge in [0.15, 0.2) is 9.84 Å². The molecule has 1 aliphatic heterocycles. The quantitative estimate of drug-likeness (QED) is 0.587. The van der Waals surface area contributed by atoms with Crippen molar-refractivity contribution in [3.8, 4) is 0 Å². The second-order valence-electron chi connectivity index (χ2n) is 5.45. The molecule has 0 saturated heterocycles. The highest BCUT2D eigenvalue weighted by Gasteiger charge is 2.26. The average Bonchev–Trinajstić information content (AvgIpc) is 2.88. The van der Waals surface area contributed by atoms with E-state index in [2.05, 4.69) is 15.9 Å². The Labute approximate surface area is 141 Å². The third-order valence-corrected chi connectivity index (χ3v) is 5.41. The lowest BCUT2D eigenvalue weighted by molar-refractivity contribution is -0.387. The number of anilines is 1. The first-order valence-electron chi connectivity index (χ1n) is 6.76. The first-order valence-corrected chi connectivity index (χ1v) is 9.45. The van der Waals surface area contributed by atoms with Gasteiger partial charge in [-0.15, -0.1) is 0 Å². The standard InChI is InChI=1S/C15H13BrN2O4S/c1-23(21,22)15-7-13(4-5-14(15)18(19)20)17-8-10-2-3-12(16)6-11(10)9-17/h2-7H,8-9H2,1H3. The fourth-order valence-corrected chi connectivity index (χ4v) is 3.96. The molecule has 0 fully saturated rings. The van der Waals surface area contributed by atoms with E-state index in [1.807, 2.05) is 23.1 Å². The van der Waals surface area contributed by atoms with Crippen LogP contribution in [0.5, 0.6) is 0 Å². The molecule has 1 aliphatic rings. The summed E-state index contributed by atoms with van der Waals surface area (Å²) < 4.78 is 24.7. The summed E-state index contributed by atoms with van der Waals surface area (Å²) in [6.45, 7) is 1.28. The van der Waals surface area contributed by atoms with Gasteiger partial charge in [0.2, 0.25) is 0 Å². The SMILES string of the molecule is CS(=O)(=O)c1cc(N2Cc3ccc(Br)cc3C2)ccc1[N+](=O)[O-]. The smallest absolute Gasteiger partial charge is 0.288 e. The normalized spacial score (nSPS) is 13.9. The van der Waals surface area contributed by atoms with E-state index in [4.69, 9.17) is 0 Å². The summed E-state index contributed by atoms with van der Waals surface area (Å²) in [6.07, 6.45) is 0.981. The maximum absolute atomic E-state index is 11.9. The van der Waals surface area contributed by atoms with Crippen molar-refractivity contribution in [2.24, 2.45) is 0 Å². The van der Waals surface area contributed by atoms with Gasteiger partial charge in [-0.25, -0.2) is 8.42 Å². The van der Waals surface area contributed by atoms with Crippen LogP contribution in [-0.2, 0) is 22.9 Å². The number of fused-ring (bicyclic) bond motifs is 1. The van der Waals surface area contributed by atoms with Crippen molar-refractivity contribution in [1.82, 2.24) is 0 Å². The van der Waals surface area contributed by atoms with Gasteiger partial charge in [0.1, 0.15) is 4.90 Å². The highest BCUT2D eigenvalue weighted by molar-refractivity contribution is 9.10. The number of hydrogen-bond donors (Lipinski definition) is 0. The van der Waals surface area contributed by atoms with Crippen molar-refractivity contribution < 1.29 is 13.3 Å². The Kier molecular flexibility index (Phi) is 3.89. The van der Waals surface area contributed by atoms with Crippen LogP contribution in [0.2, 0.25) is 0 Å². The number of hydrogen-bond acceptors (Lipinski definition) is 5. The minimum Gasteiger partial charge on any atom is -0.363 e. The van der Waals surface area contributed by atoms with Crippen molar-refractivity contribution >= 4 is 37.1 Å². The highest BCUT2D eigenvalue weighted by atomic mass is 79.9. The molecule has 0 unspecified atom stereocenters. The molecule has 0 aliphatic carbocycles. The van der Waals surface area contributed by atoms with Crippen molar-refractivity contribution in [3.05, 3.63) is 62.1 Å². The Bertz CT molecular complexity index is 912. The third-order valence-electron chi connectivity index (χ3n) is 3.80. The largest absolute Gasteiger partial charge is 0.363 e. The molecule has 0 saturated carbocycles. The van der Waals surface area contributed by atoms with Crippen LogP contribution in [0.4, 0.5) is 11.4 Å². The lowest BCUT2D eigenvalue weighted by Gasteiger charge is -2.18. The number of nitro benzene ring substituents is 1. The van der Waals surface area contributed by atoms with E-state index in [0.717, 1.165) is 21.9 Å². The fourth-order valence-electron chi connectivity index (χ4n) is 2.69. The molecule has 2 aromatic rings. The Balaban J connectivity index is 2.01. The van der Waals surface area contributed by atoms with Gasteiger partial charge in [-0.2, -0.15) is 0 Å². The molecule has 6 nitrogen and oxygen atoms in total. The summed E-state index contributed by atoms with van der Waals surface area (Å²) in [6, 6.07) is 10.2. The molecule has 0 N–H and O–H groups in total. The van der Waals surface area contributed by atoms with E-state index in [1.165, 1.54) is 12.1 Å². The molecule has 120 valence electrons. The molecule has 8 heteroatoms. The lowest BCUT2D eigenvalue weighted by atomic mass is 10.1. The van der Waals surface area contributed by atoms with Gasteiger partial charge in [0, 0.05) is 35.6 Å². The Morgan fingerprint density at radius 1 is 1.13 bits per heavy atom. The summed E-state index contributed by atoms with van der Waals surface area (Å²) >= 11 is 3.43. The minimum absolute atomic E-state index is 0.253. The zero-order valence-corrected chi connectivity index (χ0v) is 14.6. The lowest BCUT2D eigenvalue weighted by Crippen LogP contribution is -2.15. The molecule has 3 rings (SSSR count). The van der Waals surface area contributed by atoms with Gasteiger partial charge in [-0.1, -0.05) is 22.0 Å². The van der Waals surface area contributed by atoms with E-state index < -0.39 is 20.4 Å². The zero-order chi connectivity index (χ0) is 16.8. The van der Waals surface area contributed by atoms with Crippen molar-refractivity contribution in [2.45, 2.75) is 18.0 Å². The van der Waals surface area contributed by atoms with Crippen LogP contribution in [0.3, 0.4) is 0 Å². The van der Waals surface area contributed by atoms with Crippen LogP contribution in [0.1, 0.15) is 11.1 Å². The molecular weight excluding hydrogens is 384 g/mol. The van der Waals surface area contributed by atoms with E-state index >= 15 is 0 Å². The molecule has 0 radical (unpaired) electrons. The molecule has 0 spiro atoms. The molecular formula is C15H13BrN2O4S. The number of sulfone groups is 1. The van der Waals surface area contributed by atoms with Crippen LogP contribution in [0.25, 0.3) is 0 Å². The molecule has 23 heavy (non-hydrogen) atoms. The topological polar surface area (TPSA) is 80.5 Å². The second-order valence-corrected chi connectivity index (χ2v) is 8.35. The van der Waals surface area contributed by atoms with E-state index in [9.17, 15) is 18.5 Å². The number of benzene rings is 2. The Hall–Kier alpha value is -1.93. The predicted octanol–water partition coefficient (Wildman–Crippen LogP) is 3.28. The van der Waals surface area contributed by atoms with Crippen LogP contribution in [0.15, 0.2) is 45.8 Å². The maximum atomic E-state index is 11.9. The monoisotopic (exact) mass is 396 g/mol. The summed E-state index contributed by atoms with van der Waals surface area (Å²) in [4.78, 5) is 12.1. The van der Waals surface area contributed by atoms with Crippen molar-refractivity contribution in [2.75, 3.05) is 11.2 Å². The summed E-state index contributed by atoms with van der Waals surface area (Å²) in [5, 5.41) is 11.0. The van der Waals surface area contributed by atoms with Gasteiger partial charge < -0.3 is 4.90 Å². The molecule has 0 bridgehead atoms. The second kappa shape index (κ2) is 5.61. The van der Waals surface area contributed by atoms with Gasteiger partial charge in [0.05, 0.1) is 4.92 Å². The third kappa shape index (κ3) is 3.09. The number of nitrogens with zero attached hydrogens (tertiary/aromatic N) is 2. The van der Waals surface area contributed by atoms with E-state index in [1.54, 1.807) is 6.07 Å². The predicted molar refractivity (Wildman–Crippen MR) is 90.2 cm³/mol. The minimum atomic E-state index is -3.68. The van der Waals surface area contributed by atoms with Crippen LogP contribution < -0.4 is 4.90 Å². The number of halogens is 1. The number of rotatable bonds is 3.